The molecule has 6 heteroatoms. The Morgan fingerprint density at radius 3 is 2.03 bits per heavy atom. The summed E-state index contributed by atoms with van der Waals surface area (Å²) in [6.07, 6.45) is 7.39. The lowest BCUT2D eigenvalue weighted by Crippen LogP contribution is -2.28. The van der Waals surface area contributed by atoms with Gasteiger partial charge in [-0.05, 0) is 68.6 Å². The lowest BCUT2D eigenvalue weighted by molar-refractivity contribution is -0.183. The van der Waals surface area contributed by atoms with Crippen LogP contribution in [0.25, 0.3) is 0 Å². The summed E-state index contributed by atoms with van der Waals surface area (Å²) in [5, 5.41) is 8.65. The van der Waals surface area contributed by atoms with Gasteiger partial charge in [0.05, 0.1) is 6.42 Å². The average molecular weight is 423 g/mol. The van der Waals surface area contributed by atoms with Gasteiger partial charge in [-0.2, -0.15) is 14.0 Å². The summed E-state index contributed by atoms with van der Waals surface area (Å²) in [5.41, 5.74) is -0.805. The first-order chi connectivity index (χ1) is 14.3. The minimum absolute atomic E-state index is 0.231. The van der Waals surface area contributed by atoms with E-state index < -0.39 is 35.5 Å². The Morgan fingerprint density at radius 2 is 1.53 bits per heavy atom. The number of nitriles is 1. The fourth-order valence-electron chi connectivity index (χ4n) is 5.11. The van der Waals surface area contributed by atoms with Crippen LogP contribution in [0.4, 0.5) is 17.6 Å². The smallest absolute Gasteiger partial charge is 0.397 e. The Hall–Kier alpha value is -2.03. The van der Waals surface area contributed by atoms with Gasteiger partial charge in [0.1, 0.15) is 29.0 Å². The molecular formula is C24H29F4NO. The molecule has 0 spiro atoms. The van der Waals surface area contributed by atoms with E-state index in [0.29, 0.717) is 30.4 Å². The van der Waals surface area contributed by atoms with Gasteiger partial charge in [-0.1, -0.05) is 18.9 Å². The summed E-state index contributed by atoms with van der Waals surface area (Å²) in [6, 6.07) is 2.61. The molecule has 0 unspecified atom stereocenters. The third-order valence-electron chi connectivity index (χ3n) is 6.95. The van der Waals surface area contributed by atoms with Gasteiger partial charge in [0.15, 0.2) is 0 Å². The van der Waals surface area contributed by atoms with Crippen molar-refractivity contribution in [2.24, 2.45) is 23.7 Å². The Morgan fingerprint density at radius 1 is 1.00 bits per heavy atom. The van der Waals surface area contributed by atoms with E-state index in [1.165, 1.54) is 31.8 Å². The molecule has 0 amide bonds. The highest BCUT2D eigenvalue weighted by atomic mass is 19.3. The topological polar surface area (TPSA) is 33.0 Å². The molecule has 2 aliphatic rings. The summed E-state index contributed by atoms with van der Waals surface area (Å²) >= 11 is 0. The lowest BCUT2D eigenvalue weighted by atomic mass is 9.69. The van der Waals surface area contributed by atoms with Gasteiger partial charge in [0, 0.05) is 12.1 Å². The Labute approximate surface area is 175 Å². The summed E-state index contributed by atoms with van der Waals surface area (Å²) in [4.78, 5) is 0. The summed E-state index contributed by atoms with van der Waals surface area (Å²) < 4.78 is 60.2. The van der Waals surface area contributed by atoms with Crippen molar-refractivity contribution >= 4 is 0 Å². The molecule has 2 fully saturated rings. The largest absolute Gasteiger partial charge is 0.432 e. The van der Waals surface area contributed by atoms with E-state index in [0.717, 1.165) is 31.6 Å². The van der Waals surface area contributed by atoms with E-state index in [9.17, 15) is 17.6 Å². The number of rotatable bonds is 7. The summed E-state index contributed by atoms with van der Waals surface area (Å²) in [7, 11) is 0. The first-order valence-corrected chi connectivity index (χ1v) is 10.9. The zero-order valence-electron chi connectivity index (χ0n) is 17.2. The van der Waals surface area contributed by atoms with Gasteiger partial charge in [0.25, 0.3) is 0 Å². The Bertz CT molecular complexity index is 749. The van der Waals surface area contributed by atoms with Crippen LogP contribution in [0.2, 0.25) is 0 Å². The first kappa shape index (κ1) is 22.7. The van der Waals surface area contributed by atoms with Gasteiger partial charge in [0.2, 0.25) is 0 Å². The quantitative estimate of drug-likeness (QED) is 0.338. The van der Waals surface area contributed by atoms with Gasteiger partial charge < -0.3 is 4.74 Å². The molecule has 1 aromatic carbocycles. The fourth-order valence-corrected chi connectivity index (χ4v) is 5.11. The van der Waals surface area contributed by atoms with Crippen LogP contribution in [0, 0.1) is 46.6 Å². The third-order valence-corrected chi connectivity index (χ3v) is 6.95. The van der Waals surface area contributed by atoms with Crippen molar-refractivity contribution in [1.82, 2.24) is 0 Å². The van der Waals surface area contributed by atoms with Crippen molar-refractivity contribution in [3.63, 3.8) is 0 Å². The molecule has 3 rings (SSSR count). The van der Waals surface area contributed by atoms with E-state index in [-0.39, 0.29) is 5.92 Å². The van der Waals surface area contributed by atoms with Crippen LogP contribution in [0.15, 0.2) is 24.8 Å². The number of halogens is 4. The zero-order chi connectivity index (χ0) is 21.7. The molecule has 0 atom stereocenters. The van der Waals surface area contributed by atoms with Crippen molar-refractivity contribution in [2.45, 2.75) is 70.3 Å². The highest BCUT2D eigenvalue weighted by Crippen LogP contribution is 2.43. The molecular weight excluding hydrogens is 394 g/mol. The number of hydrogen-bond donors (Lipinski definition) is 0. The molecule has 30 heavy (non-hydrogen) atoms. The van der Waals surface area contributed by atoms with E-state index in [4.69, 9.17) is 5.26 Å². The van der Waals surface area contributed by atoms with Crippen LogP contribution < -0.4 is 4.74 Å². The van der Waals surface area contributed by atoms with Gasteiger partial charge in [-0.3, -0.25) is 0 Å². The second kappa shape index (κ2) is 9.85. The van der Waals surface area contributed by atoms with Crippen molar-refractivity contribution in [1.29, 1.82) is 5.26 Å². The van der Waals surface area contributed by atoms with Crippen molar-refractivity contribution in [3.8, 4) is 11.8 Å². The Kier molecular flexibility index (Phi) is 7.44. The van der Waals surface area contributed by atoms with E-state index in [2.05, 4.69) is 17.4 Å². The molecule has 0 aromatic heterocycles. The Balaban J connectivity index is 1.44. The maximum absolute atomic E-state index is 14.2. The minimum atomic E-state index is -3.51. The maximum atomic E-state index is 14.2. The van der Waals surface area contributed by atoms with Crippen LogP contribution in [-0.4, -0.2) is 6.11 Å². The normalized spacial score (nSPS) is 27.3. The van der Waals surface area contributed by atoms with Gasteiger partial charge in [-0.15, -0.1) is 6.58 Å². The highest BCUT2D eigenvalue weighted by Gasteiger charge is 2.35. The van der Waals surface area contributed by atoms with E-state index >= 15 is 0 Å². The van der Waals surface area contributed by atoms with E-state index in [1.807, 2.05) is 0 Å². The van der Waals surface area contributed by atoms with Crippen LogP contribution >= 0.6 is 0 Å². The lowest BCUT2D eigenvalue weighted by Gasteiger charge is -2.37. The fraction of sp³-hybridized carbons (Fsp3) is 0.625. The minimum Gasteiger partial charge on any atom is -0.432 e. The second-order valence-electron chi connectivity index (χ2n) is 8.84. The molecule has 0 N–H and O–H groups in total. The molecule has 0 bridgehead atoms. The van der Waals surface area contributed by atoms with Crippen LogP contribution in [-0.2, 0) is 0 Å². The standard InChI is InChI=1S/C24H29F4NO/c1-2-16-3-7-18(8-4-16)19-9-5-17(6-10-19)11-12-24(27,28)30-20-13-22(25)21(15-29)23(26)14-20/h2,13-14,16-19H,1,3-12H2. The van der Waals surface area contributed by atoms with Crippen molar-refractivity contribution in [2.75, 3.05) is 0 Å². The van der Waals surface area contributed by atoms with Crippen LogP contribution in [0.5, 0.6) is 5.75 Å². The van der Waals surface area contributed by atoms with Crippen LogP contribution in [0.3, 0.4) is 0 Å². The number of benzene rings is 1. The zero-order valence-corrected chi connectivity index (χ0v) is 17.2. The monoisotopic (exact) mass is 423 g/mol. The number of allylic oxidation sites excluding steroid dienone is 1. The van der Waals surface area contributed by atoms with E-state index in [1.54, 1.807) is 0 Å². The molecule has 0 saturated heterocycles. The van der Waals surface area contributed by atoms with Crippen molar-refractivity contribution < 1.29 is 22.3 Å². The summed E-state index contributed by atoms with van der Waals surface area (Å²) in [5.74, 6) is -0.672. The number of ether oxygens (including phenoxy) is 1. The molecule has 0 heterocycles. The third kappa shape index (κ3) is 5.77. The molecule has 0 aliphatic heterocycles. The molecule has 1 aromatic rings. The predicted octanol–water partition coefficient (Wildman–Crippen LogP) is 7.39. The predicted molar refractivity (Wildman–Crippen MR) is 107 cm³/mol. The number of nitrogens with zero attached hydrogens (tertiary/aromatic N) is 1. The average Bonchev–Trinajstić information content (AvgIpc) is 2.72. The summed E-state index contributed by atoms with van der Waals surface area (Å²) in [6.45, 7) is 3.89. The molecule has 2 aliphatic carbocycles. The first-order valence-electron chi connectivity index (χ1n) is 10.9. The molecule has 164 valence electrons. The van der Waals surface area contributed by atoms with Gasteiger partial charge >= 0.3 is 6.11 Å². The SMILES string of the molecule is C=CC1CCC(C2CCC(CCC(F)(F)Oc3cc(F)c(C#N)c(F)c3)CC2)CC1. The number of alkyl halides is 2. The van der Waals surface area contributed by atoms with Crippen molar-refractivity contribution in [3.05, 3.63) is 42.0 Å². The molecule has 2 nitrogen and oxygen atoms in total. The maximum Gasteiger partial charge on any atom is 0.397 e. The second-order valence-corrected chi connectivity index (χ2v) is 8.84. The van der Waals surface area contributed by atoms with Gasteiger partial charge in [-0.25, -0.2) is 8.78 Å². The molecule has 2 saturated carbocycles. The molecule has 0 radical (unpaired) electrons. The van der Waals surface area contributed by atoms with Crippen LogP contribution in [0.1, 0.15) is 69.8 Å². The number of hydrogen-bond acceptors (Lipinski definition) is 2. The highest BCUT2D eigenvalue weighted by molar-refractivity contribution is 5.37.